The minimum absolute atomic E-state index is 0.0441. The molecule has 0 radical (unpaired) electrons. The van der Waals surface area contributed by atoms with E-state index in [0.717, 1.165) is 50.9 Å². The lowest BCUT2D eigenvalue weighted by atomic mass is 9.90. The maximum atomic E-state index is 13.4. The molecule has 1 saturated heterocycles. The fourth-order valence-electron chi connectivity index (χ4n) is 5.29. The van der Waals surface area contributed by atoms with Crippen LogP contribution in [0.1, 0.15) is 54.4 Å². The zero-order valence-corrected chi connectivity index (χ0v) is 17.8. The van der Waals surface area contributed by atoms with Gasteiger partial charge in [0.15, 0.2) is 0 Å². The number of hydrogen-bond acceptors (Lipinski definition) is 3. The maximum absolute atomic E-state index is 13.4. The van der Waals surface area contributed by atoms with Crippen LogP contribution in [0.2, 0.25) is 0 Å². The first-order valence-electron chi connectivity index (χ1n) is 11.3. The first-order valence-corrected chi connectivity index (χ1v) is 11.3. The third kappa shape index (κ3) is 5.14. The fourth-order valence-corrected chi connectivity index (χ4v) is 5.29. The lowest BCUT2D eigenvalue weighted by molar-refractivity contribution is -0.137. The van der Waals surface area contributed by atoms with Gasteiger partial charge in [0.1, 0.15) is 0 Å². The molecule has 4 nitrogen and oxygen atoms in total. The number of carbonyl (C=O) groups excluding carboxylic acids is 1. The molecule has 0 spiro atoms. The predicted octanol–water partition coefficient (Wildman–Crippen LogP) is 4.26. The number of benzene rings is 1. The van der Waals surface area contributed by atoms with Crippen LogP contribution in [0.5, 0.6) is 0 Å². The van der Waals surface area contributed by atoms with Gasteiger partial charge in [-0.2, -0.15) is 13.2 Å². The molecule has 1 N–H and O–H groups in total. The highest BCUT2D eigenvalue weighted by molar-refractivity contribution is 5.79. The zero-order valence-electron chi connectivity index (χ0n) is 17.8. The maximum Gasteiger partial charge on any atom is 0.416 e. The number of nitrogens with zero attached hydrogens (tertiary/aromatic N) is 1. The van der Waals surface area contributed by atoms with E-state index in [-0.39, 0.29) is 18.4 Å². The van der Waals surface area contributed by atoms with E-state index in [1.165, 1.54) is 12.1 Å². The van der Waals surface area contributed by atoms with Gasteiger partial charge in [-0.15, -0.1) is 6.58 Å². The van der Waals surface area contributed by atoms with Gasteiger partial charge in [-0.25, -0.2) is 0 Å². The molecular weight excluding hydrogens is 405 g/mol. The highest BCUT2D eigenvalue weighted by atomic mass is 19.4. The number of halogens is 3. The van der Waals surface area contributed by atoms with E-state index >= 15 is 0 Å². The summed E-state index contributed by atoms with van der Waals surface area (Å²) in [4.78, 5) is 14.9. The monoisotopic (exact) mass is 436 g/mol. The van der Waals surface area contributed by atoms with Gasteiger partial charge < -0.3 is 15.0 Å². The van der Waals surface area contributed by atoms with Crippen molar-refractivity contribution in [2.45, 2.75) is 69.8 Å². The van der Waals surface area contributed by atoms with Gasteiger partial charge in [0.05, 0.1) is 5.56 Å². The highest BCUT2D eigenvalue weighted by Gasteiger charge is 2.36. The van der Waals surface area contributed by atoms with E-state index in [9.17, 15) is 18.0 Å². The number of amides is 1. The molecule has 2 aliphatic heterocycles. The topological polar surface area (TPSA) is 41.6 Å². The minimum atomic E-state index is -4.40. The van der Waals surface area contributed by atoms with E-state index < -0.39 is 11.7 Å². The van der Waals surface area contributed by atoms with Crippen molar-refractivity contribution in [1.82, 2.24) is 10.2 Å². The van der Waals surface area contributed by atoms with Crippen LogP contribution in [0.4, 0.5) is 13.2 Å². The molecule has 2 unspecified atom stereocenters. The van der Waals surface area contributed by atoms with Crippen LogP contribution < -0.4 is 5.32 Å². The molecule has 170 valence electrons. The number of allylic oxidation sites excluding steroid dienone is 1. The van der Waals surface area contributed by atoms with E-state index in [1.54, 1.807) is 11.0 Å². The fraction of sp³-hybridized carbons (Fsp3) is 0.625. The molecule has 0 bridgehead atoms. The first kappa shape index (κ1) is 22.3. The smallest absolute Gasteiger partial charge is 0.381 e. The Kier molecular flexibility index (Phi) is 6.72. The number of fused-ring (bicyclic) bond motifs is 1. The van der Waals surface area contributed by atoms with E-state index in [0.29, 0.717) is 42.6 Å². The lowest BCUT2D eigenvalue weighted by Gasteiger charge is -2.33. The molecular formula is C24H31F3N2O2. The van der Waals surface area contributed by atoms with Crippen molar-refractivity contribution in [3.63, 3.8) is 0 Å². The Morgan fingerprint density at radius 3 is 2.68 bits per heavy atom. The van der Waals surface area contributed by atoms with Gasteiger partial charge in [-0.3, -0.25) is 4.79 Å². The second kappa shape index (κ2) is 9.33. The third-order valence-electron chi connectivity index (χ3n) is 6.91. The Balaban J connectivity index is 1.42. The van der Waals surface area contributed by atoms with Gasteiger partial charge in [-0.05, 0) is 73.8 Å². The standard InChI is InChI=1S/C24H31F3N2O2/c1-2-3-16-12-19(24(25,26)27)13-18-15-29(9-6-22(16)18)23(30)17-4-5-21(14-17)28-20-7-10-31-11-8-20/h2,12-13,17,20-21,28H,1,3-11,14-15H2. The van der Waals surface area contributed by atoms with Gasteiger partial charge in [-0.1, -0.05) is 6.08 Å². The Morgan fingerprint density at radius 2 is 1.97 bits per heavy atom. The number of rotatable bonds is 5. The van der Waals surface area contributed by atoms with Crippen molar-refractivity contribution >= 4 is 5.91 Å². The molecule has 1 amide bonds. The summed E-state index contributed by atoms with van der Waals surface area (Å²) in [5.74, 6) is 0.0435. The summed E-state index contributed by atoms with van der Waals surface area (Å²) in [7, 11) is 0. The van der Waals surface area contributed by atoms with E-state index in [1.807, 2.05) is 0 Å². The van der Waals surface area contributed by atoms with E-state index in [4.69, 9.17) is 4.74 Å². The summed E-state index contributed by atoms with van der Waals surface area (Å²) >= 11 is 0. The Morgan fingerprint density at radius 1 is 1.19 bits per heavy atom. The zero-order chi connectivity index (χ0) is 22.0. The van der Waals surface area contributed by atoms with Gasteiger partial charge >= 0.3 is 6.18 Å². The van der Waals surface area contributed by atoms with Gasteiger partial charge in [0.25, 0.3) is 0 Å². The molecule has 2 fully saturated rings. The van der Waals surface area contributed by atoms with Crippen molar-refractivity contribution in [3.05, 3.63) is 47.0 Å². The van der Waals surface area contributed by atoms with Crippen LogP contribution in [0.15, 0.2) is 24.8 Å². The van der Waals surface area contributed by atoms with Crippen LogP contribution in [0, 0.1) is 5.92 Å². The SMILES string of the molecule is C=CCc1cc(C(F)(F)F)cc2c1CCN(C(=O)C1CCC(NC3CCOCC3)C1)C2. The summed E-state index contributed by atoms with van der Waals surface area (Å²) in [5.41, 5.74) is 1.61. The van der Waals surface area contributed by atoms with Crippen LogP contribution in [-0.2, 0) is 35.1 Å². The van der Waals surface area contributed by atoms with Crippen LogP contribution in [-0.4, -0.2) is 42.6 Å². The summed E-state index contributed by atoms with van der Waals surface area (Å²) < 4.78 is 45.6. The average Bonchev–Trinajstić information content (AvgIpc) is 3.21. The van der Waals surface area contributed by atoms with E-state index in [2.05, 4.69) is 11.9 Å². The molecule has 1 saturated carbocycles. The molecule has 4 rings (SSSR count). The number of carbonyl (C=O) groups is 1. The molecule has 1 aromatic rings. The number of hydrogen-bond donors (Lipinski definition) is 1. The Labute approximate surface area is 181 Å². The molecule has 1 aliphatic carbocycles. The molecule has 31 heavy (non-hydrogen) atoms. The van der Waals surface area contributed by atoms with Crippen LogP contribution in [0.3, 0.4) is 0 Å². The number of ether oxygens (including phenoxy) is 1. The van der Waals surface area contributed by atoms with Crippen molar-refractivity contribution in [3.8, 4) is 0 Å². The van der Waals surface area contributed by atoms with Crippen LogP contribution >= 0.6 is 0 Å². The van der Waals surface area contributed by atoms with Crippen molar-refractivity contribution in [2.24, 2.45) is 5.92 Å². The van der Waals surface area contributed by atoms with Crippen LogP contribution in [0.25, 0.3) is 0 Å². The molecule has 0 aromatic heterocycles. The minimum Gasteiger partial charge on any atom is -0.381 e. The quantitative estimate of drug-likeness (QED) is 0.702. The number of nitrogens with one attached hydrogen (secondary N) is 1. The molecule has 2 heterocycles. The summed E-state index contributed by atoms with van der Waals surface area (Å²) in [6.45, 7) is 6.08. The van der Waals surface area contributed by atoms with Crippen molar-refractivity contribution in [2.75, 3.05) is 19.8 Å². The Hall–Kier alpha value is -1.86. The largest absolute Gasteiger partial charge is 0.416 e. The predicted molar refractivity (Wildman–Crippen MR) is 113 cm³/mol. The summed E-state index contributed by atoms with van der Waals surface area (Å²) in [5, 5.41) is 3.68. The normalized spacial score (nSPS) is 24.8. The molecule has 1 aromatic carbocycles. The van der Waals surface area contributed by atoms with Gasteiger partial charge in [0, 0.05) is 44.3 Å². The summed E-state index contributed by atoms with van der Waals surface area (Å²) in [6.07, 6.45) is 2.88. The van der Waals surface area contributed by atoms with Crippen molar-refractivity contribution in [1.29, 1.82) is 0 Å². The summed E-state index contributed by atoms with van der Waals surface area (Å²) in [6, 6.07) is 3.26. The molecule has 7 heteroatoms. The average molecular weight is 437 g/mol. The molecule has 2 atom stereocenters. The third-order valence-corrected chi connectivity index (χ3v) is 6.91. The van der Waals surface area contributed by atoms with Crippen molar-refractivity contribution < 1.29 is 22.7 Å². The van der Waals surface area contributed by atoms with Gasteiger partial charge in [0.2, 0.25) is 5.91 Å². The Bertz CT molecular complexity index is 818. The molecule has 3 aliphatic rings. The lowest BCUT2D eigenvalue weighted by Crippen LogP contribution is -2.42. The second-order valence-electron chi connectivity index (χ2n) is 9.03. The first-order chi connectivity index (χ1) is 14.8. The second-order valence-corrected chi connectivity index (χ2v) is 9.03. The highest BCUT2D eigenvalue weighted by Crippen LogP contribution is 2.36. The number of alkyl halides is 3.